The molecule has 0 bridgehead atoms. The molecule has 0 aromatic heterocycles. The van der Waals surface area contributed by atoms with E-state index in [1.165, 1.54) is 0 Å². The quantitative estimate of drug-likeness (QED) is 0.792. The zero-order chi connectivity index (χ0) is 13.1. The molecule has 3 N–H and O–H groups in total. The van der Waals surface area contributed by atoms with Gasteiger partial charge in [0.05, 0.1) is 5.56 Å². The van der Waals surface area contributed by atoms with Crippen LogP contribution in [-0.4, -0.2) is 5.91 Å². The lowest BCUT2D eigenvalue weighted by Gasteiger charge is -2.10. The SMILES string of the molecule is Cc1cccc(NC(=O)c2c(C)cccc2N)c1. The van der Waals surface area contributed by atoms with E-state index in [-0.39, 0.29) is 5.91 Å². The van der Waals surface area contributed by atoms with Gasteiger partial charge in [-0.1, -0.05) is 24.3 Å². The second-order valence-corrected chi connectivity index (χ2v) is 4.36. The Labute approximate surface area is 107 Å². The lowest BCUT2D eigenvalue weighted by atomic mass is 10.1. The lowest BCUT2D eigenvalue weighted by molar-refractivity contribution is 0.102. The van der Waals surface area contributed by atoms with Crippen molar-refractivity contribution >= 4 is 17.3 Å². The molecular formula is C15H16N2O. The molecule has 0 saturated carbocycles. The van der Waals surface area contributed by atoms with Crippen LogP contribution in [0.1, 0.15) is 21.5 Å². The molecule has 0 unspecified atom stereocenters. The van der Waals surface area contributed by atoms with Crippen LogP contribution >= 0.6 is 0 Å². The van der Waals surface area contributed by atoms with Crippen LogP contribution in [0, 0.1) is 13.8 Å². The summed E-state index contributed by atoms with van der Waals surface area (Å²) in [6.07, 6.45) is 0. The number of anilines is 2. The van der Waals surface area contributed by atoms with Crippen molar-refractivity contribution in [3.63, 3.8) is 0 Å². The molecule has 2 aromatic carbocycles. The molecule has 1 amide bonds. The maximum Gasteiger partial charge on any atom is 0.258 e. The molecule has 0 spiro atoms. The highest BCUT2D eigenvalue weighted by atomic mass is 16.1. The Morgan fingerprint density at radius 1 is 1.11 bits per heavy atom. The number of hydrogen-bond acceptors (Lipinski definition) is 2. The number of benzene rings is 2. The highest BCUT2D eigenvalue weighted by Gasteiger charge is 2.12. The predicted molar refractivity (Wildman–Crippen MR) is 74.7 cm³/mol. The molecule has 92 valence electrons. The van der Waals surface area contributed by atoms with Gasteiger partial charge in [-0.25, -0.2) is 0 Å². The standard InChI is InChI=1S/C15H16N2O/c1-10-5-3-7-12(9-10)17-15(18)14-11(2)6-4-8-13(14)16/h3-9H,16H2,1-2H3,(H,17,18). The minimum absolute atomic E-state index is 0.170. The van der Waals surface area contributed by atoms with Gasteiger partial charge in [0.2, 0.25) is 0 Å². The maximum atomic E-state index is 12.2. The molecule has 0 aliphatic heterocycles. The van der Waals surface area contributed by atoms with Gasteiger partial charge in [-0.05, 0) is 43.2 Å². The Morgan fingerprint density at radius 2 is 1.83 bits per heavy atom. The minimum Gasteiger partial charge on any atom is -0.398 e. The summed E-state index contributed by atoms with van der Waals surface area (Å²) < 4.78 is 0. The summed E-state index contributed by atoms with van der Waals surface area (Å²) in [5, 5.41) is 2.86. The number of carbonyl (C=O) groups excluding carboxylic acids is 1. The molecular weight excluding hydrogens is 224 g/mol. The van der Waals surface area contributed by atoms with Crippen LogP contribution in [0.3, 0.4) is 0 Å². The summed E-state index contributed by atoms with van der Waals surface area (Å²) in [6, 6.07) is 13.1. The van der Waals surface area contributed by atoms with Gasteiger partial charge in [0, 0.05) is 11.4 Å². The monoisotopic (exact) mass is 240 g/mol. The topological polar surface area (TPSA) is 55.1 Å². The van der Waals surface area contributed by atoms with E-state index in [1.807, 2.05) is 50.2 Å². The Morgan fingerprint density at radius 3 is 2.50 bits per heavy atom. The third-order valence-corrected chi connectivity index (χ3v) is 2.81. The lowest BCUT2D eigenvalue weighted by Crippen LogP contribution is -2.15. The van der Waals surface area contributed by atoms with E-state index in [4.69, 9.17) is 5.73 Å². The van der Waals surface area contributed by atoms with Crippen LogP contribution in [0.4, 0.5) is 11.4 Å². The molecule has 0 atom stereocenters. The van der Waals surface area contributed by atoms with Crippen LogP contribution in [0.25, 0.3) is 0 Å². The summed E-state index contributed by atoms with van der Waals surface area (Å²) in [4.78, 5) is 12.2. The van der Waals surface area contributed by atoms with Crippen molar-refractivity contribution in [2.24, 2.45) is 0 Å². The van der Waals surface area contributed by atoms with E-state index in [2.05, 4.69) is 5.32 Å². The van der Waals surface area contributed by atoms with Gasteiger partial charge < -0.3 is 11.1 Å². The second-order valence-electron chi connectivity index (χ2n) is 4.36. The molecule has 0 fully saturated rings. The number of carbonyl (C=O) groups is 1. The highest BCUT2D eigenvalue weighted by molar-refractivity contribution is 6.08. The first-order chi connectivity index (χ1) is 8.58. The Balaban J connectivity index is 2.28. The van der Waals surface area contributed by atoms with E-state index < -0.39 is 0 Å². The van der Waals surface area contributed by atoms with Crippen molar-refractivity contribution in [2.75, 3.05) is 11.1 Å². The van der Waals surface area contributed by atoms with E-state index in [1.54, 1.807) is 6.07 Å². The Kier molecular flexibility index (Phi) is 3.33. The maximum absolute atomic E-state index is 12.2. The summed E-state index contributed by atoms with van der Waals surface area (Å²) in [5.41, 5.74) is 9.64. The summed E-state index contributed by atoms with van der Waals surface area (Å²) in [6.45, 7) is 3.86. The predicted octanol–water partition coefficient (Wildman–Crippen LogP) is 3.14. The molecule has 18 heavy (non-hydrogen) atoms. The van der Waals surface area contributed by atoms with Gasteiger partial charge in [-0.15, -0.1) is 0 Å². The summed E-state index contributed by atoms with van der Waals surface area (Å²) in [7, 11) is 0. The molecule has 0 saturated heterocycles. The fourth-order valence-corrected chi connectivity index (χ4v) is 1.92. The molecule has 0 radical (unpaired) electrons. The average molecular weight is 240 g/mol. The van der Waals surface area contributed by atoms with E-state index in [0.717, 1.165) is 16.8 Å². The molecule has 0 heterocycles. The van der Waals surface area contributed by atoms with Crippen LogP contribution in [0.15, 0.2) is 42.5 Å². The normalized spacial score (nSPS) is 10.1. The van der Waals surface area contributed by atoms with Crippen LogP contribution in [0.5, 0.6) is 0 Å². The molecule has 3 heteroatoms. The van der Waals surface area contributed by atoms with Crippen LogP contribution in [0.2, 0.25) is 0 Å². The largest absolute Gasteiger partial charge is 0.398 e. The number of nitrogen functional groups attached to an aromatic ring is 1. The zero-order valence-electron chi connectivity index (χ0n) is 10.5. The number of amides is 1. The van der Waals surface area contributed by atoms with Gasteiger partial charge in [0.15, 0.2) is 0 Å². The Hall–Kier alpha value is -2.29. The van der Waals surface area contributed by atoms with Crippen molar-refractivity contribution in [1.29, 1.82) is 0 Å². The smallest absolute Gasteiger partial charge is 0.258 e. The van der Waals surface area contributed by atoms with Gasteiger partial charge in [-0.2, -0.15) is 0 Å². The molecule has 3 nitrogen and oxygen atoms in total. The number of rotatable bonds is 2. The number of hydrogen-bond donors (Lipinski definition) is 2. The summed E-state index contributed by atoms with van der Waals surface area (Å²) >= 11 is 0. The van der Waals surface area contributed by atoms with E-state index >= 15 is 0 Å². The Bertz CT molecular complexity index is 571. The number of aryl methyl sites for hydroxylation is 2. The number of nitrogens with two attached hydrogens (primary N) is 1. The molecule has 2 aromatic rings. The van der Waals surface area contributed by atoms with E-state index in [9.17, 15) is 4.79 Å². The molecule has 0 aliphatic rings. The van der Waals surface area contributed by atoms with Gasteiger partial charge in [0.25, 0.3) is 5.91 Å². The minimum atomic E-state index is -0.170. The van der Waals surface area contributed by atoms with Gasteiger partial charge >= 0.3 is 0 Å². The third kappa shape index (κ3) is 2.51. The van der Waals surface area contributed by atoms with E-state index in [0.29, 0.717) is 11.3 Å². The summed E-state index contributed by atoms with van der Waals surface area (Å²) in [5.74, 6) is -0.170. The first kappa shape index (κ1) is 12.2. The van der Waals surface area contributed by atoms with Gasteiger partial charge in [-0.3, -0.25) is 4.79 Å². The fraction of sp³-hybridized carbons (Fsp3) is 0.133. The van der Waals surface area contributed by atoms with Crippen LogP contribution < -0.4 is 11.1 Å². The highest BCUT2D eigenvalue weighted by Crippen LogP contribution is 2.18. The van der Waals surface area contributed by atoms with Crippen molar-refractivity contribution < 1.29 is 4.79 Å². The third-order valence-electron chi connectivity index (χ3n) is 2.81. The van der Waals surface area contributed by atoms with Crippen molar-refractivity contribution in [2.45, 2.75) is 13.8 Å². The molecule has 0 aliphatic carbocycles. The van der Waals surface area contributed by atoms with Gasteiger partial charge in [0.1, 0.15) is 0 Å². The number of nitrogens with one attached hydrogen (secondary N) is 1. The van der Waals surface area contributed by atoms with Crippen molar-refractivity contribution in [3.8, 4) is 0 Å². The average Bonchev–Trinajstić information content (AvgIpc) is 2.28. The second kappa shape index (κ2) is 4.92. The van der Waals surface area contributed by atoms with Crippen molar-refractivity contribution in [1.82, 2.24) is 0 Å². The van der Waals surface area contributed by atoms with Crippen LogP contribution in [-0.2, 0) is 0 Å². The zero-order valence-corrected chi connectivity index (χ0v) is 10.5. The first-order valence-electron chi connectivity index (χ1n) is 5.81. The molecule has 2 rings (SSSR count). The van der Waals surface area contributed by atoms with Crippen molar-refractivity contribution in [3.05, 3.63) is 59.2 Å². The fourth-order valence-electron chi connectivity index (χ4n) is 1.92. The first-order valence-corrected chi connectivity index (χ1v) is 5.81.